The third-order valence-electron chi connectivity index (χ3n) is 3.13. The van der Waals surface area contributed by atoms with Gasteiger partial charge in [0.1, 0.15) is 11.6 Å². The van der Waals surface area contributed by atoms with Crippen LogP contribution in [0.4, 0.5) is 8.78 Å². The van der Waals surface area contributed by atoms with E-state index < -0.39 is 29.2 Å². The fourth-order valence-electron chi connectivity index (χ4n) is 2.09. The van der Waals surface area contributed by atoms with Gasteiger partial charge < -0.3 is 15.2 Å². The lowest BCUT2D eigenvalue weighted by atomic mass is 9.91. The standard InChI is InChI=1S/C12H13F2NO3/c1-18-11(16)10-5-12(17,6-15-10)7-2-3-8(13)9(14)4-7/h2-4,10,15,17H,5-6H2,1H3/t10-,12-/m0/s1. The van der Waals surface area contributed by atoms with Crippen LogP contribution in [0.15, 0.2) is 18.2 Å². The second-order valence-corrected chi connectivity index (χ2v) is 4.32. The highest BCUT2D eigenvalue weighted by molar-refractivity contribution is 5.76. The smallest absolute Gasteiger partial charge is 0.322 e. The topological polar surface area (TPSA) is 58.6 Å². The minimum atomic E-state index is -1.40. The molecule has 2 atom stereocenters. The van der Waals surface area contributed by atoms with Crippen LogP contribution in [0, 0.1) is 11.6 Å². The molecule has 1 aliphatic rings. The van der Waals surface area contributed by atoms with Gasteiger partial charge >= 0.3 is 5.97 Å². The Hall–Kier alpha value is -1.53. The van der Waals surface area contributed by atoms with Gasteiger partial charge in [0.2, 0.25) is 0 Å². The second-order valence-electron chi connectivity index (χ2n) is 4.32. The molecular formula is C12H13F2NO3. The van der Waals surface area contributed by atoms with Gasteiger partial charge in [-0.05, 0) is 17.7 Å². The number of carbonyl (C=O) groups is 1. The first kappa shape index (κ1) is 12.9. The SMILES string of the molecule is COC(=O)[C@@H]1C[C@@](O)(c2ccc(F)c(F)c2)CN1. The quantitative estimate of drug-likeness (QED) is 0.765. The van der Waals surface area contributed by atoms with Crippen LogP contribution in [0.3, 0.4) is 0 Å². The maximum Gasteiger partial charge on any atom is 0.322 e. The van der Waals surface area contributed by atoms with Gasteiger partial charge in [-0.15, -0.1) is 0 Å². The van der Waals surface area contributed by atoms with Crippen molar-refractivity contribution in [1.82, 2.24) is 5.32 Å². The van der Waals surface area contributed by atoms with Crippen LogP contribution in [-0.2, 0) is 15.1 Å². The molecule has 1 aromatic carbocycles. The highest BCUT2D eigenvalue weighted by Crippen LogP contribution is 2.31. The first-order chi connectivity index (χ1) is 8.46. The molecule has 0 bridgehead atoms. The average molecular weight is 257 g/mol. The van der Waals surface area contributed by atoms with E-state index in [1.165, 1.54) is 13.2 Å². The van der Waals surface area contributed by atoms with Crippen LogP contribution in [0.25, 0.3) is 0 Å². The van der Waals surface area contributed by atoms with E-state index in [0.29, 0.717) is 0 Å². The number of esters is 1. The highest BCUT2D eigenvalue weighted by atomic mass is 19.2. The molecule has 0 amide bonds. The summed E-state index contributed by atoms with van der Waals surface area (Å²) in [6.45, 7) is 0.0812. The number of halogens is 2. The molecule has 0 aromatic heterocycles. The summed E-state index contributed by atoms with van der Waals surface area (Å²) in [6, 6.07) is 2.55. The van der Waals surface area contributed by atoms with Crippen molar-refractivity contribution in [2.45, 2.75) is 18.1 Å². The summed E-state index contributed by atoms with van der Waals surface area (Å²) in [5.74, 6) is -2.49. The van der Waals surface area contributed by atoms with E-state index in [0.717, 1.165) is 12.1 Å². The normalized spacial score (nSPS) is 27.2. The van der Waals surface area contributed by atoms with Gasteiger partial charge in [0.15, 0.2) is 11.6 Å². The number of methoxy groups -OCH3 is 1. The number of hydrogen-bond acceptors (Lipinski definition) is 4. The lowest BCUT2D eigenvalue weighted by molar-refractivity contribution is -0.143. The van der Waals surface area contributed by atoms with E-state index in [1.807, 2.05) is 0 Å². The number of nitrogens with one attached hydrogen (secondary N) is 1. The molecule has 4 nitrogen and oxygen atoms in total. The number of β-amino-alcohol motifs (C(OH)–C–C–N with tert-alkyl or cyclic N) is 1. The number of aliphatic hydroxyl groups is 1. The van der Waals surface area contributed by atoms with Crippen molar-refractivity contribution < 1.29 is 23.4 Å². The Morgan fingerprint density at radius 3 is 2.83 bits per heavy atom. The van der Waals surface area contributed by atoms with E-state index in [-0.39, 0.29) is 18.5 Å². The van der Waals surface area contributed by atoms with Crippen molar-refractivity contribution in [1.29, 1.82) is 0 Å². The number of carbonyl (C=O) groups excluding carboxylic acids is 1. The molecule has 2 rings (SSSR count). The van der Waals surface area contributed by atoms with Crippen molar-refractivity contribution in [2.24, 2.45) is 0 Å². The summed E-state index contributed by atoms with van der Waals surface area (Å²) in [4.78, 5) is 11.3. The molecule has 18 heavy (non-hydrogen) atoms. The Morgan fingerprint density at radius 2 is 2.22 bits per heavy atom. The minimum absolute atomic E-state index is 0.0603. The molecule has 2 N–H and O–H groups in total. The van der Waals surface area contributed by atoms with Crippen molar-refractivity contribution in [3.8, 4) is 0 Å². The first-order valence-corrected chi connectivity index (χ1v) is 5.45. The predicted octanol–water partition coefficient (Wildman–Crippen LogP) is 0.687. The van der Waals surface area contributed by atoms with Crippen LogP contribution in [0.1, 0.15) is 12.0 Å². The molecule has 0 radical (unpaired) electrons. The predicted molar refractivity (Wildman–Crippen MR) is 58.7 cm³/mol. The fourth-order valence-corrected chi connectivity index (χ4v) is 2.09. The number of benzene rings is 1. The van der Waals surface area contributed by atoms with Crippen molar-refractivity contribution in [3.63, 3.8) is 0 Å². The van der Waals surface area contributed by atoms with Crippen LogP contribution >= 0.6 is 0 Å². The molecule has 0 saturated carbocycles. The molecule has 1 saturated heterocycles. The maximum atomic E-state index is 13.1. The highest BCUT2D eigenvalue weighted by Gasteiger charge is 2.42. The molecule has 0 aliphatic carbocycles. The molecule has 0 spiro atoms. The summed E-state index contributed by atoms with van der Waals surface area (Å²) < 4.78 is 30.5. The summed E-state index contributed by atoms with van der Waals surface area (Å²) in [5.41, 5.74) is -1.16. The Morgan fingerprint density at radius 1 is 1.50 bits per heavy atom. The number of ether oxygens (including phenoxy) is 1. The van der Waals surface area contributed by atoms with E-state index in [2.05, 4.69) is 10.1 Å². The lowest BCUT2D eigenvalue weighted by Gasteiger charge is -2.22. The van der Waals surface area contributed by atoms with Gasteiger partial charge in [0, 0.05) is 13.0 Å². The van der Waals surface area contributed by atoms with Crippen LogP contribution < -0.4 is 5.32 Å². The Balaban J connectivity index is 2.22. The zero-order valence-corrected chi connectivity index (χ0v) is 9.74. The molecular weight excluding hydrogens is 244 g/mol. The van der Waals surface area contributed by atoms with Gasteiger partial charge in [-0.2, -0.15) is 0 Å². The summed E-state index contributed by atoms with van der Waals surface area (Å²) in [7, 11) is 1.25. The molecule has 1 fully saturated rings. The molecule has 6 heteroatoms. The maximum absolute atomic E-state index is 13.1. The third-order valence-corrected chi connectivity index (χ3v) is 3.13. The number of rotatable bonds is 2. The zero-order chi connectivity index (χ0) is 13.3. The Kier molecular flexibility index (Phi) is 3.32. The van der Waals surface area contributed by atoms with Crippen molar-refractivity contribution >= 4 is 5.97 Å². The molecule has 98 valence electrons. The largest absolute Gasteiger partial charge is 0.468 e. The van der Waals surface area contributed by atoms with E-state index in [1.54, 1.807) is 0 Å². The van der Waals surface area contributed by atoms with E-state index >= 15 is 0 Å². The van der Waals surface area contributed by atoms with Gasteiger partial charge in [-0.1, -0.05) is 6.07 Å². The summed E-state index contributed by atoms with van der Waals surface area (Å²) in [5, 5.41) is 13.1. The van der Waals surface area contributed by atoms with Gasteiger partial charge in [0.05, 0.1) is 7.11 Å². The first-order valence-electron chi connectivity index (χ1n) is 5.45. The Labute approximate surface area is 103 Å². The van der Waals surface area contributed by atoms with Crippen molar-refractivity contribution in [3.05, 3.63) is 35.4 Å². The van der Waals surface area contributed by atoms with E-state index in [9.17, 15) is 18.7 Å². The zero-order valence-electron chi connectivity index (χ0n) is 9.74. The molecule has 0 unspecified atom stereocenters. The van der Waals surface area contributed by atoms with Crippen molar-refractivity contribution in [2.75, 3.05) is 13.7 Å². The Bertz CT molecular complexity index is 480. The minimum Gasteiger partial charge on any atom is -0.468 e. The van der Waals surface area contributed by atoms with Gasteiger partial charge in [0.25, 0.3) is 0 Å². The number of hydrogen-bond donors (Lipinski definition) is 2. The second kappa shape index (κ2) is 4.62. The van der Waals surface area contributed by atoms with Gasteiger partial charge in [-0.3, -0.25) is 4.79 Å². The molecule has 1 aliphatic heterocycles. The average Bonchev–Trinajstić information content (AvgIpc) is 2.75. The van der Waals surface area contributed by atoms with Crippen LogP contribution in [0.2, 0.25) is 0 Å². The third kappa shape index (κ3) is 2.21. The summed E-state index contributed by atoms with van der Waals surface area (Å²) in [6.07, 6.45) is 0.0603. The van der Waals surface area contributed by atoms with Gasteiger partial charge in [-0.25, -0.2) is 8.78 Å². The summed E-state index contributed by atoms with van der Waals surface area (Å²) >= 11 is 0. The molecule has 1 heterocycles. The van der Waals surface area contributed by atoms with E-state index in [4.69, 9.17) is 0 Å². The van der Waals surface area contributed by atoms with Crippen LogP contribution in [0.5, 0.6) is 0 Å². The van der Waals surface area contributed by atoms with Crippen LogP contribution in [-0.4, -0.2) is 30.8 Å². The fraction of sp³-hybridized carbons (Fsp3) is 0.417. The monoisotopic (exact) mass is 257 g/mol. The molecule has 1 aromatic rings. The lowest BCUT2D eigenvalue weighted by Crippen LogP contribution is -2.31.